The Morgan fingerprint density at radius 2 is 1.79 bits per heavy atom. The maximum atomic E-state index is 13.7. The van der Waals surface area contributed by atoms with Crippen LogP contribution in [0.25, 0.3) is 0 Å². The average Bonchev–Trinajstić information content (AvgIpc) is 2.62. The van der Waals surface area contributed by atoms with Crippen LogP contribution in [-0.4, -0.2) is 46.1 Å². The Bertz CT molecular complexity index is 734. The van der Waals surface area contributed by atoms with E-state index in [1.54, 1.807) is 18.2 Å². The fourth-order valence-electron chi connectivity index (χ4n) is 4.73. The number of phenolic OH excluding ortho intramolecular Hbond substituents is 1. The SMILES string of the molecule is CCN(C1C(=O)c2ccc(O)cc2C(C)(C)[C@H]1C)C(C)(CC)CCOC(C)(C)C. The van der Waals surface area contributed by atoms with E-state index in [4.69, 9.17) is 4.74 Å². The molecule has 0 amide bonds. The van der Waals surface area contributed by atoms with Crippen LogP contribution in [0.5, 0.6) is 5.75 Å². The van der Waals surface area contributed by atoms with Crippen molar-refractivity contribution in [2.75, 3.05) is 13.2 Å². The standard InChI is InChI=1S/C25H41NO3/c1-10-25(9,14-15-29-23(4,5)6)26(11-2)21-17(3)24(7,8)20-16-18(27)12-13-19(20)22(21)28/h12-13,16-17,21,27H,10-11,14-15H2,1-9H3/t17-,21?,25?/m0/s1. The molecule has 3 atom stereocenters. The van der Waals surface area contributed by atoms with E-state index < -0.39 is 0 Å². The van der Waals surface area contributed by atoms with Crippen LogP contribution in [0, 0.1) is 5.92 Å². The number of ketones is 1. The van der Waals surface area contributed by atoms with Gasteiger partial charge in [0.05, 0.1) is 11.6 Å². The van der Waals surface area contributed by atoms with E-state index in [1.165, 1.54) is 0 Å². The normalized spacial score (nSPS) is 23.7. The lowest BCUT2D eigenvalue weighted by Crippen LogP contribution is -2.61. The van der Waals surface area contributed by atoms with Gasteiger partial charge in [0.1, 0.15) is 5.75 Å². The number of rotatable bonds is 7. The first-order valence-electron chi connectivity index (χ1n) is 11.1. The second kappa shape index (κ2) is 8.39. The number of phenols is 1. The van der Waals surface area contributed by atoms with E-state index in [0.717, 1.165) is 30.5 Å². The van der Waals surface area contributed by atoms with Crippen LogP contribution in [0.3, 0.4) is 0 Å². The highest BCUT2D eigenvalue weighted by Gasteiger charge is 2.49. The van der Waals surface area contributed by atoms with Gasteiger partial charge in [-0.1, -0.05) is 34.6 Å². The van der Waals surface area contributed by atoms with Gasteiger partial charge >= 0.3 is 0 Å². The lowest BCUT2D eigenvalue weighted by molar-refractivity contribution is -0.0414. The second-order valence-corrected chi connectivity index (χ2v) is 10.4. The Labute approximate surface area is 177 Å². The number of fused-ring (bicyclic) bond motifs is 1. The van der Waals surface area contributed by atoms with Crippen LogP contribution >= 0.6 is 0 Å². The molecule has 0 heterocycles. The number of aromatic hydroxyl groups is 1. The summed E-state index contributed by atoms with van der Waals surface area (Å²) in [5.74, 6) is 0.518. The highest BCUT2D eigenvalue weighted by atomic mass is 16.5. The molecule has 164 valence electrons. The van der Waals surface area contributed by atoms with Gasteiger partial charge < -0.3 is 9.84 Å². The number of benzene rings is 1. The fraction of sp³-hybridized carbons (Fsp3) is 0.720. The van der Waals surface area contributed by atoms with E-state index >= 15 is 0 Å². The number of Topliss-reactive ketones (excluding diaryl/α,β-unsaturated/α-hetero) is 1. The Morgan fingerprint density at radius 1 is 1.17 bits per heavy atom. The van der Waals surface area contributed by atoms with Crippen LogP contribution in [-0.2, 0) is 10.2 Å². The highest BCUT2D eigenvalue weighted by Crippen LogP contribution is 2.45. The highest BCUT2D eigenvalue weighted by molar-refractivity contribution is 6.03. The molecule has 1 aliphatic rings. The molecule has 0 bridgehead atoms. The van der Waals surface area contributed by atoms with Crippen molar-refractivity contribution >= 4 is 5.78 Å². The molecule has 4 heteroatoms. The number of ether oxygens (including phenoxy) is 1. The van der Waals surface area contributed by atoms with Crippen molar-refractivity contribution in [3.8, 4) is 5.75 Å². The van der Waals surface area contributed by atoms with Crippen molar-refractivity contribution in [2.24, 2.45) is 5.92 Å². The first kappa shape index (κ1) is 23.9. The molecule has 0 spiro atoms. The van der Waals surface area contributed by atoms with Gasteiger partial charge in [-0.3, -0.25) is 9.69 Å². The summed E-state index contributed by atoms with van der Waals surface area (Å²) in [6.07, 6.45) is 1.83. The van der Waals surface area contributed by atoms with Gasteiger partial charge in [0.2, 0.25) is 0 Å². The minimum Gasteiger partial charge on any atom is -0.508 e. The van der Waals surface area contributed by atoms with E-state index in [1.807, 2.05) is 0 Å². The molecule has 1 N–H and O–H groups in total. The molecule has 1 aliphatic carbocycles. The number of hydrogen-bond donors (Lipinski definition) is 1. The van der Waals surface area contributed by atoms with Crippen molar-refractivity contribution in [2.45, 2.75) is 97.8 Å². The topological polar surface area (TPSA) is 49.8 Å². The molecule has 0 aromatic heterocycles. The van der Waals surface area contributed by atoms with Gasteiger partial charge in [-0.25, -0.2) is 0 Å². The summed E-state index contributed by atoms with van der Waals surface area (Å²) < 4.78 is 6.03. The van der Waals surface area contributed by atoms with Gasteiger partial charge in [-0.15, -0.1) is 0 Å². The quantitative estimate of drug-likeness (QED) is 0.647. The van der Waals surface area contributed by atoms with E-state index in [9.17, 15) is 9.90 Å². The molecule has 1 aromatic rings. The van der Waals surface area contributed by atoms with Crippen molar-refractivity contribution in [3.05, 3.63) is 29.3 Å². The summed E-state index contributed by atoms with van der Waals surface area (Å²) in [4.78, 5) is 16.1. The molecular weight excluding hydrogens is 362 g/mol. The maximum Gasteiger partial charge on any atom is 0.180 e. The zero-order chi connectivity index (χ0) is 22.2. The van der Waals surface area contributed by atoms with E-state index in [2.05, 4.69) is 67.2 Å². The van der Waals surface area contributed by atoms with E-state index in [0.29, 0.717) is 6.61 Å². The summed E-state index contributed by atoms with van der Waals surface area (Å²) in [5.41, 5.74) is 1.20. The molecule has 0 fully saturated rings. The molecule has 0 aliphatic heterocycles. The lowest BCUT2D eigenvalue weighted by Gasteiger charge is -2.52. The zero-order valence-corrected chi connectivity index (χ0v) is 19.9. The summed E-state index contributed by atoms with van der Waals surface area (Å²) in [7, 11) is 0. The number of carbonyl (C=O) groups is 1. The largest absolute Gasteiger partial charge is 0.508 e. The number of likely N-dealkylation sites (N-methyl/N-ethyl adjacent to an activating group) is 1. The molecule has 2 unspecified atom stereocenters. The molecule has 1 aromatic carbocycles. The number of hydrogen-bond acceptors (Lipinski definition) is 4. The molecule has 29 heavy (non-hydrogen) atoms. The van der Waals surface area contributed by atoms with Crippen LogP contribution in [0.1, 0.15) is 91.1 Å². The van der Waals surface area contributed by atoms with Crippen LogP contribution in [0.4, 0.5) is 0 Å². The van der Waals surface area contributed by atoms with E-state index in [-0.39, 0.29) is 40.0 Å². The van der Waals surface area contributed by atoms with Crippen molar-refractivity contribution in [1.82, 2.24) is 4.90 Å². The molecule has 0 saturated carbocycles. The van der Waals surface area contributed by atoms with Crippen LogP contribution in [0.2, 0.25) is 0 Å². The third kappa shape index (κ3) is 4.69. The third-order valence-electron chi connectivity index (χ3n) is 7.15. The average molecular weight is 404 g/mol. The van der Waals surface area contributed by atoms with Crippen molar-refractivity contribution in [1.29, 1.82) is 0 Å². The Balaban J connectivity index is 2.43. The summed E-state index contributed by atoms with van der Waals surface area (Å²) in [6, 6.07) is 5.01. The van der Waals surface area contributed by atoms with Gasteiger partial charge in [-0.2, -0.15) is 0 Å². The zero-order valence-electron chi connectivity index (χ0n) is 19.9. The Hall–Kier alpha value is -1.39. The summed E-state index contributed by atoms with van der Waals surface area (Å²) in [6.45, 7) is 20.9. The van der Waals surface area contributed by atoms with Crippen molar-refractivity contribution in [3.63, 3.8) is 0 Å². The van der Waals surface area contributed by atoms with Gasteiger partial charge in [0.25, 0.3) is 0 Å². The minimum absolute atomic E-state index is 0.124. The second-order valence-electron chi connectivity index (χ2n) is 10.4. The molecular formula is C25H41NO3. The maximum absolute atomic E-state index is 13.7. The fourth-order valence-corrected chi connectivity index (χ4v) is 4.73. The van der Waals surface area contributed by atoms with Crippen LogP contribution < -0.4 is 0 Å². The first-order chi connectivity index (χ1) is 13.3. The van der Waals surface area contributed by atoms with Crippen molar-refractivity contribution < 1.29 is 14.6 Å². The minimum atomic E-state index is -0.212. The predicted octanol–water partition coefficient (Wildman–Crippen LogP) is 5.57. The Kier molecular flexibility index (Phi) is 6.91. The number of carbonyl (C=O) groups excluding carboxylic acids is 1. The molecule has 0 saturated heterocycles. The number of nitrogens with zero attached hydrogens (tertiary/aromatic N) is 1. The van der Waals surface area contributed by atoms with Crippen LogP contribution in [0.15, 0.2) is 18.2 Å². The smallest absolute Gasteiger partial charge is 0.180 e. The lowest BCUT2D eigenvalue weighted by atomic mass is 9.62. The van der Waals surface area contributed by atoms with Gasteiger partial charge in [0.15, 0.2) is 5.78 Å². The van der Waals surface area contributed by atoms with Gasteiger partial charge in [0, 0.05) is 17.7 Å². The van der Waals surface area contributed by atoms with Gasteiger partial charge in [-0.05, 0) is 82.2 Å². The predicted molar refractivity (Wildman–Crippen MR) is 120 cm³/mol. The molecule has 4 nitrogen and oxygen atoms in total. The Morgan fingerprint density at radius 3 is 2.31 bits per heavy atom. The first-order valence-corrected chi connectivity index (χ1v) is 11.1. The monoisotopic (exact) mass is 403 g/mol. The summed E-state index contributed by atoms with van der Waals surface area (Å²) >= 11 is 0. The third-order valence-corrected chi connectivity index (χ3v) is 7.15. The molecule has 2 rings (SSSR count). The molecule has 0 radical (unpaired) electrons. The summed E-state index contributed by atoms with van der Waals surface area (Å²) in [5, 5.41) is 10.0.